The molecule has 1 saturated carbocycles. The molecule has 28 heavy (non-hydrogen) atoms. The molecule has 0 radical (unpaired) electrons. The first-order chi connectivity index (χ1) is 13.1. The zero-order valence-electron chi connectivity index (χ0n) is 15.5. The second-order valence-corrected chi connectivity index (χ2v) is 7.11. The summed E-state index contributed by atoms with van der Waals surface area (Å²) in [5.41, 5.74) is 0.293. The third kappa shape index (κ3) is 3.63. The molecule has 7 nitrogen and oxygen atoms in total. The highest BCUT2D eigenvalue weighted by molar-refractivity contribution is 14.0. The van der Waals surface area contributed by atoms with E-state index in [1.165, 1.54) is 23.2 Å². The van der Waals surface area contributed by atoms with Crippen LogP contribution in [0, 0.1) is 29.5 Å². The van der Waals surface area contributed by atoms with E-state index in [0.29, 0.717) is 24.7 Å². The Bertz CT molecular complexity index is 800. The third-order valence-corrected chi connectivity index (χ3v) is 5.67. The van der Waals surface area contributed by atoms with Crippen molar-refractivity contribution in [3.05, 3.63) is 42.0 Å². The summed E-state index contributed by atoms with van der Waals surface area (Å²) in [6, 6.07) is 2.89. The highest BCUT2D eigenvalue weighted by Crippen LogP contribution is 2.52. The number of carbonyl (C=O) groups excluding carboxylic acids is 2. The number of pyridine rings is 1. The fraction of sp³-hybridized carbons (Fsp3) is 0.474. The van der Waals surface area contributed by atoms with Gasteiger partial charge in [-0.1, -0.05) is 12.2 Å². The molecule has 1 aromatic heterocycles. The Balaban J connectivity index is 0.00000225. The lowest BCUT2D eigenvalue weighted by molar-refractivity contribution is -0.140. The van der Waals surface area contributed by atoms with Crippen molar-refractivity contribution >= 4 is 41.8 Å². The molecule has 4 unspecified atom stereocenters. The second-order valence-electron chi connectivity index (χ2n) is 7.11. The summed E-state index contributed by atoms with van der Waals surface area (Å²) < 4.78 is 13.6. The number of halogens is 2. The summed E-state index contributed by atoms with van der Waals surface area (Å²) in [5, 5.41) is 6.03. The number of fused-ring (bicyclic) bond motifs is 5. The Hall–Kier alpha value is -2.04. The molecule has 2 N–H and O–H groups in total. The van der Waals surface area contributed by atoms with Crippen LogP contribution in [0.5, 0.6) is 0 Å². The topological polar surface area (TPSA) is 86.7 Å². The SMILES string of the molecule is CN=C(NCCN1C(=O)C2C3C=CC(C3)C2C1=O)NCc1ncccc1F.I. The molecule has 1 saturated heterocycles. The molecule has 4 atom stereocenters. The molecule has 1 aliphatic heterocycles. The molecule has 1 aromatic rings. The summed E-state index contributed by atoms with van der Waals surface area (Å²) in [6.45, 7) is 0.861. The van der Waals surface area contributed by atoms with Gasteiger partial charge in [0.1, 0.15) is 5.82 Å². The quantitative estimate of drug-likeness (QED) is 0.210. The summed E-state index contributed by atoms with van der Waals surface area (Å²) in [7, 11) is 1.60. The largest absolute Gasteiger partial charge is 0.355 e. The maximum Gasteiger partial charge on any atom is 0.233 e. The molecular weight excluding hydrogens is 476 g/mol. The number of hydrogen-bond acceptors (Lipinski definition) is 4. The number of carbonyl (C=O) groups is 2. The average Bonchev–Trinajstić information content (AvgIpc) is 3.35. The maximum absolute atomic E-state index is 13.6. The lowest BCUT2D eigenvalue weighted by Gasteiger charge is -2.18. The molecular formula is C19H23FIN5O2. The number of nitrogens with zero attached hydrogens (tertiary/aromatic N) is 3. The molecule has 0 spiro atoms. The number of rotatable bonds is 5. The van der Waals surface area contributed by atoms with Crippen molar-refractivity contribution in [2.24, 2.45) is 28.7 Å². The predicted octanol–water partition coefficient (Wildman–Crippen LogP) is 1.31. The smallest absolute Gasteiger partial charge is 0.233 e. The Kier molecular flexibility index (Phi) is 6.31. The lowest BCUT2D eigenvalue weighted by atomic mass is 9.85. The minimum atomic E-state index is -0.386. The molecule has 9 heteroatoms. The molecule has 2 aliphatic carbocycles. The zero-order valence-corrected chi connectivity index (χ0v) is 17.8. The first-order valence-electron chi connectivity index (χ1n) is 9.17. The van der Waals surface area contributed by atoms with Crippen LogP contribution in [0.15, 0.2) is 35.5 Å². The van der Waals surface area contributed by atoms with Crippen LogP contribution in [0.25, 0.3) is 0 Å². The summed E-state index contributed by atoms with van der Waals surface area (Å²) in [5.74, 6) is 0.0669. The highest BCUT2D eigenvalue weighted by Gasteiger charge is 2.58. The van der Waals surface area contributed by atoms with E-state index in [2.05, 4.69) is 32.8 Å². The molecule has 2 amide bonds. The Morgan fingerprint density at radius 2 is 1.93 bits per heavy atom. The van der Waals surface area contributed by atoms with Gasteiger partial charge in [0.25, 0.3) is 0 Å². The zero-order chi connectivity index (χ0) is 19.0. The first-order valence-corrected chi connectivity index (χ1v) is 9.17. The van der Waals surface area contributed by atoms with Crippen LogP contribution in [0.2, 0.25) is 0 Å². The molecule has 0 aromatic carbocycles. The molecule has 4 rings (SSSR count). The van der Waals surface area contributed by atoms with E-state index in [0.717, 1.165) is 6.42 Å². The van der Waals surface area contributed by atoms with Crippen LogP contribution < -0.4 is 10.6 Å². The maximum atomic E-state index is 13.6. The standard InChI is InChI=1S/C19H22FN5O2.HI/c1-21-19(24-10-14-13(20)3-2-6-22-14)23-7-8-25-17(26)15-11-4-5-12(9-11)16(15)18(25)27;/h2-6,11-12,15-16H,7-10H2,1H3,(H2,21,23,24);1H. The van der Waals surface area contributed by atoms with E-state index >= 15 is 0 Å². The number of likely N-dealkylation sites (tertiary alicyclic amines) is 1. The van der Waals surface area contributed by atoms with Gasteiger partial charge in [-0.25, -0.2) is 4.39 Å². The molecule has 3 aliphatic rings. The second kappa shape index (κ2) is 8.54. The van der Waals surface area contributed by atoms with Crippen LogP contribution >= 0.6 is 24.0 Å². The fourth-order valence-electron chi connectivity index (χ4n) is 4.41. The number of nitrogens with one attached hydrogen (secondary N) is 2. The first kappa shape index (κ1) is 20.7. The average molecular weight is 499 g/mol. The Morgan fingerprint density at radius 3 is 2.54 bits per heavy atom. The van der Waals surface area contributed by atoms with Gasteiger partial charge in [0.15, 0.2) is 5.96 Å². The fourth-order valence-corrected chi connectivity index (χ4v) is 4.41. The van der Waals surface area contributed by atoms with Gasteiger partial charge in [-0.2, -0.15) is 0 Å². The summed E-state index contributed by atoms with van der Waals surface area (Å²) >= 11 is 0. The van der Waals surface area contributed by atoms with Crippen molar-refractivity contribution in [2.45, 2.75) is 13.0 Å². The number of guanidine groups is 1. The van der Waals surface area contributed by atoms with Crippen molar-refractivity contribution < 1.29 is 14.0 Å². The summed E-state index contributed by atoms with van der Waals surface area (Å²) in [4.78, 5) is 34.7. The Morgan fingerprint density at radius 1 is 1.25 bits per heavy atom. The number of imide groups is 1. The van der Waals surface area contributed by atoms with E-state index in [9.17, 15) is 14.0 Å². The monoisotopic (exact) mass is 499 g/mol. The van der Waals surface area contributed by atoms with Crippen molar-refractivity contribution in [1.82, 2.24) is 20.5 Å². The lowest BCUT2D eigenvalue weighted by Crippen LogP contribution is -2.43. The van der Waals surface area contributed by atoms with E-state index in [1.54, 1.807) is 7.05 Å². The van der Waals surface area contributed by atoms with E-state index in [-0.39, 0.29) is 71.8 Å². The molecule has 2 heterocycles. The van der Waals surface area contributed by atoms with Gasteiger partial charge in [0.05, 0.1) is 24.1 Å². The van der Waals surface area contributed by atoms with Crippen LogP contribution in [0.4, 0.5) is 4.39 Å². The number of aliphatic imine (C=N–C) groups is 1. The van der Waals surface area contributed by atoms with Gasteiger partial charge in [-0.3, -0.25) is 24.5 Å². The van der Waals surface area contributed by atoms with Crippen molar-refractivity contribution in [3.63, 3.8) is 0 Å². The van der Waals surface area contributed by atoms with Crippen molar-refractivity contribution in [1.29, 1.82) is 0 Å². The van der Waals surface area contributed by atoms with Gasteiger partial charge in [-0.15, -0.1) is 24.0 Å². The van der Waals surface area contributed by atoms with Crippen molar-refractivity contribution in [3.8, 4) is 0 Å². The van der Waals surface area contributed by atoms with Gasteiger partial charge >= 0.3 is 0 Å². The van der Waals surface area contributed by atoms with Crippen LogP contribution in [-0.2, 0) is 16.1 Å². The number of allylic oxidation sites excluding steroid dienone is 2. The minimum absolute atomic E-state index is 0. The number of aromatic nitrogens is 1. The highest BCUT2D eigenvalue weighted by atomic mass is 127. The van der Waals surface area contributed by atoms with E-state index in [1.807, 2.05) is 0 Å². The predicted molar refractivity (Wildman–Crippen MR) is 112 cm³/mol. The number of hydrogen-bond donors (Lipinski definition) is 2. The van der Waals surface area contributed by atoms with E-state index in [4.69, 9.17) is 0 Å². The Labute approximate surface area is 179 Å². The van der Waals surface area contributed by atoms with Crippen LogP contribution in [-0.4, -0.2) is 47.8 Å². The molecule has 150 valence electrons. The minimum Gasteiger partial charge on any atom is -0.355 e. The van der Waals surface area contributed by atoms with Gasteiger partial charge in [-0.05, 0) is 30.4 Å². The number of amides is 2. The van der Waals surface area contributed by atoms with Crippen molar-refractivity contribution in [2.75, 3.05) is 20.1 Å². The van der Waals surface area contributed by atoms with Gasteiger partial charge < -0.3 is 10.6 Å². The van der Waals surface area contributed by atoms with Gasteiger partial charge in [0.2, 0.25) is 11.8 Å². The van der Waals surface area contributed by atoms with Crippen LogP contribution in [0.3, 0.4) is 0 Å². The van der Waals surface area contributed by atoms with Crippen LogP contribution in [0.1, 0.15) is 12.1 Å². The third-order valence-electron chi connectivity index (χ3n) is 5.67. The molecule has 2 bridgehead atoms. The van der Waals surface area contributed by atoms with E-state index < -0.39 is 0 Å². The van der Waals surface area contributed by atoms with Gasteiger partial charge in [0, 0.05) is 26.3 Å². The molecule has 2 fully saturated rings. The summed E-state index contributed by atoms with van der Waals surface area (Å²) in [6.07, 6.45) is 6.63. The normalized spacial score (nSPS) is 27.8.